The number of hydrogen-bond acceptors (Lipinski definition) is 6. The number of hydrogen-bond donors (Lipinski definition) is 1. The third-order valence-corrected chi connectivity index (χ3v) is 5.48. The molecule has 0 unspecified atom stereocenters. The van der Waals surface area contributed by atoms with Crippen LogP contribution in [-0.2, 0) is 4.79 Å². The number of benzene rings is 2. The minimum atomic E-state index is -0.314. The maximum Gasteiger partial charge on any atom is 0.280 e. The van der Waals surface area contributed by atoms with Gasteiger partial charge in [-0.1, -0.05) is 36.0 Å². The molecular formula is C24H21N5O2S. The molecule has 160 valence electrons. The van der Waals surface area contributed by atoms with Gasteiger partial charge in [-0.05, 0) is 61.4 Å². The summed E-state index contributed by atoms with van der Waals surface area (Å²) in [6.07, 6.45) is 3.29. The maximum absolute atomic E-state index is 13.1. The zero-order valence-corrected chi connectivity index (χ0v) is 18.5. The van der Waals surface area contributed by atoms with Crippen molar-refractivity contribution in [2.24, 2.45) is 0 Å². The second-order valence-electron chi connectivity index (χ2n) is 7.26. The molecule has 1 N–H and O–H groups in total. The van der Waals surface area contributed by atoms with E-state index in [4.69, 9.17) is 0 Å². The molecule has 2 heterocycles. The Morgan fingerprint density at radius 2 is 1.75 bits per heavy atom. The molecule has 0 fully saturated rings. The van der Waals surface area contributed by atoms with Crippen LogP contribution in [0.3, 0.4) is 0 Å². The second-order valence-corrected chi connectivity index (χ2v) is 8.20. The lowest BCUT2D eigenvalue weighted by Crippen LogP contribution is -2.17. The van der Waals surface area contributed by atoms with Crippen molar-refractivity contribution in [3.05, 3.63) is 89.7 Å². The van der Waals surface area contributed by atoms with Crippen LogP contribution < -0.4 is 5.32 Å². The Hall–Kier alpha value is -3.78. The van der Waals surface area contributed by atoms with Crippen molar-refractivity contribution < 1.29 is 9.59 Å². The summed E-state index contributed by atoms with van der Waals surface area (Å²) in [5.41, 5.74) is 4.06. The van der Waals surface area contributed by atoms with E-state index in [1.165, 1.54) is 4.68 Å². The quantitative estimate of drug-likeness (QED) is 0.445. The number of aryl methyl sites for hydroxylation is 2. The molecule has 2 aromatic carbocycles. The standard InChI is InChI=1S/C24H21N5O2S/c1-16-11-17(2)13-20(12-16)26-21(30)15-32-24-27-22(19-9-6-10-25-14-19)28-29(24)23(31)18-7-4-3-5-8-18/h3-14H,15H2,1-2H3,(H,26,30). The van der Waals surface area contributed by atoms with E-state index in [-0.39, 0.29) is 17.6 Å². The number of pyridine rings is 1. The topological polar surface area (TPSA) is 89.8 Å². The molecule has 0 bridgehead atoms. The lowest BCUT2D eigenvalue weighted by atomic mass is 10.1. The Labute approximate surface area is 189 Å². The molecule has 1 amide bonds. The molecule has 0 saturated carbocycles. The van der Waals surface area contributed by atoms with Crippen molar-refractivity contribution >= 4 is 29.3 Å². The molecule has 0 aliphatic rings. The smallest absolute Gasteiger partial charge is 0.280 e. The van der Waals surface area contributed by atoms with Crippen LogP contribution in [0.15, 0.2) is 78.2 Å². The van der Waals surface area contributed by atoms with Gasteiger partial charge < -0.3 is 5.32 Å². The normalized spacial score (nSPS) is 10.7. The fourth-order valence-electron chi connectivity index (χ4n) is 3.22. The Balaban J connectivity index is 1.57. The average Bonchev–Trinajstić information content (AvgIpc) is 3.22. The van der Waals surface area contributed by atoms with Crippen LogP contribution in [0.4, 0.5) is 5.69 Å². The first-order chi connectivity index (χ1) is 15.5. The summed E-state index contributed by atoms with van der Waals surface area (Å²) in [5.74, 6) is -0.0463. The molecule has 32 heavy (non-hydrogen) atoms. The summed E-state index contributed by atoms with van der Waals surface area (Å²) < 4.78 is 1.24. The van der Waals surface area contributed by atoms with Crippen molar-refractivity contribution in [3.63, 3.8) is 0 Å². The Bertz CT molecular complexity index is 1240. The fraction of sp³-hybridized carbons (Fsp3) is 0.125. The number of nitrogens with zero attached hydrogens (tertiary/aromatic N) is 4. The number of rotatable bonds is 6. The molecular weight excluding hydrogens is 422 g/mol. The van der Waals surface area contributed by atoms with Gasteiger partial charge in [0.15, 0.2) is 11.0 Å². The van der Waals surface area contributed by atoms with Crippen LogP contribution >= 0.6 is 11.8 Å². The monoisotopic (exact) mass is 443 g/mol. The van der Waals surface area contributed by atoms with Gasteiger partial charge in [0.1, 0.15) is 0 Å². The first kappa shape index (κ1) is 21.5. The number of thioether (sulfide) groups is 1. The van der Waals surface area contributed by atoms with Gasteiger partial charge in [-0.25, -0.2) is 4.98 Å². The summed E-state index contributed by atoms with van der Waals surface area (Å²) in [6.45, 7) is 3.96. The molecule has 0 atom stereocenters. The van der Waals surface area contributed by atoms with Gasteiger partial charge in [0.25, 0.3) is 5.91 Å². The number of anilines is 1. The first-order valence-electron chi connectivity index (χ1n) is 9.98. The molecule has 0 aliphatic heterocycles. The molecule has 0 saturated heterocycles. The Kier molecular flexibility index (Phi) is 6.42. The van der Waals surface area contributed by atoms with Gasteiger partial charge in [-0.2, -0.15) is 4.68 Å². The highest BCUT2D eigenvalue weighted by Gasteiger charge is 2.20. The molecule has 0 radical (unpaired) electrons. The summed E-state index contributed by atoms with van der Waals surface area (Å²) in [5, 5.41) is 7.65. The van der Waals surface area contributed by atoms with Crippen LogP contribution in [0.5, 0.6) is 0 Å². The number of aromatic nitrogens is 4. The first-order valence-corrected chi connectivity index (χ1v) is 11.0. The van der Waals surface area contributed by atoms with Crippen LogP contribution in [0.2, 0.25) is 0 Å². The van der Waals surface area contributed by atoms with Crippen LogP contribution in [0.1, 0.15) is 21.5 Å². The second kappa shape index (κ2) is 9.57. The highest BCUT2D eigenvalue weighted by Crippen LogP contribution is 2.23. The van der Waals surface area contributed by atoms with E-state index in [1.54, 1.807) is 42.7 Å². The lowest BCUT2D eigenvalue weighted by molar-refractivity contribution is -0.113. The molecule has 8 heteroatoms. The number of carbonyl (C=O) groups excluding carboxylic acids is 2. The zero-order valence-electron chi connectivity index (χ0n) is 17.6. The van der Waals surface area contributed by atoms with Crippen molar-refractivity contribution in [1.29, 1.82) is 0 Å². The van der Waals surface area contributed by atoms with E-state index >= 15 is 0 Å². The van der Waals surface area contributed by atoms with Gasteiger partial charge in [-0.15, -0.1) is 5.10 Å². The van der Waals surface area contributed by atoms with E-state index in [9.17, 15) is 9.59 Å². The van der Waals surface area contributed by atoms with Crippen molar-refractivity contribution in [3.8, 4) is 11.4 Å². The van der Waals surface area contributed by atoms with Crippen molar-refractivity contribution in [1.82, 2.24) is 19.7 Å². The van der Waals surface area contributed by atoms with Crippen LogP contribution in [-0.4, -0.2) is 37.3 Å². The van der Waals surface area contributed by atoms with Gasteiger partial charge in [0.2, 0.25) is 5.91 Å². The largest absolute Gasteiger partial charge is 0.325 e. The maximum atomic E-state index is 13.1. The molecule has 0 spiro atoms. The van der Waals surface area contributed by atoms with E-state index in [2.05, 4.69) is 20.4 Å². The van der Waals surface area contributed by atoms with Gasteiger partial charge in [0, 0.05) is 29.2 Å². The zero-order chi connectivity index (χ0) is 22.5. The predicted octanol–water partition coefficient (Wildman–Crippen LogP) is 4.38. The molecule has 0 aliphatic carbocycles. The predicted molar refractivity (Wildman–Crippen MR) is 125 cm³/mol. The summed E-state index contributed by atoms with van der Waals surface area (Å²) in [6, 6.07) is 18.3. The summed E-state index contributed by atoms with van der Waals surface area (Å²) in [7, 11) is 0. The van der Waals surface area contributed by atoms with E-state index in [0.717, 1.165) is 28.6 Å². The third kappa shape index (κ3) is 5.09. The van der Waals surface area contributed by atoms with Gasteiger partial charge in [0.05, 0.1) is 5.75 Å². The minimum absolute atomic E-state index is 0.0836. The lowest BCUT2D eigenvalue weighted by Gasteiger charge is -2.08. The molecule has 4 rings (SSSR count). The summed E-state index contributed by atoms with van der Waals surface area (Å²) >= 11 is 1.16. The fourth-order valence-corrected chi connectivity index (χ4v) is 3.95. The molecule has 7 nitrogen and oxygen atoms in total. The SMILES string of the molecule is Cc1cc(C)cc(NC(=O)CSc2nc(-c3cccnc3)nn2C(=O)c2ccccc2)c1. The highest BCUT2D eigenvalue weighted by molar-refractivity contribution is 7.99. The van der Waals surface area contributed by atoms with Gasteiger partial charge >= 0.3 is 0 Å². The molecule has 2 aromatic heterocycles. The third-order valence-electron chi connectivity index (χ3n) is 4.55. The van der Waals surface area contributed by atoms with Crippen LogP contribution in [0, 0.1) is 13.8 Å². The Morgan fingerprint density at radius 3 is 2.44 bits per heavy atom. The minimum Gasteiger partial charge on any atom is -0.325 e. The van der Waals surface area contributed by atoms with E-state index in [1.807, 2.05) is 44.2 Å². The number of nitrogens with one attached hydrogen (secondary N) is 1. The number of amides is 1. The Morgan fingerprint density at radius 1 is 1.00 bits per heavy atom. The van der Waals surface area contributed by atoms with Crippen LogP contribution in [0.25, 0.3) is 11.4 Å². The number of carbonyl (C=O) groups is 2. The highest BCUT2D eigenvalue weighted by atomic mass is 32.2. The van der Waals surface area contributed by atoms with E-state index < -0.39 is 0 Å². The average molecular weight is 444 g/mol. The van der Waals surface area contributed by atoms with Crippen molar-refractivity contribution in [2.45, 2.75) is 19.0 Å². The molecule has 4 aromatic rings. The van der Waals surface area contributed by atoms with Gasteiger partial charge in [-0.3, -0.25) is 14.6 Å². The van der Waals surface area contributed by atoms with Crippen molar-refractivity contribution in [2.75, 3.05) is 11.1 Å². The van der Waals surface area contributed by atoms with E-state index in [0.29, 0.717) is 22.1 Å². The summed E-state index contributed by atoms with van der Waals surface area (Å²) in [4.78, 5) is 34.2.